The maximum Gasteiger partial charge on any atom is 0.243 e. The van der Waals surface area contributed by atoms with Gasteiger partial charge in [0.1, 0.15) is 5.82 Å². The third-order valence-corrected chi connectivity index (χ3v) is 8.50. The van der Waals surface area contributed by atoms with Crippen molar-refractivity contribution in [3.8, 4) is 0 Å². The van der Waals surface area contributed by atoms with Gasteiger partial charge in [-0.15, -0.1) is 0 Å². The number of amides is 1. The second-order valence-electron chi connectivity index (χ2n) is 8.99. The molecule has 2 aliphatic rings. The second-order valence-corrected chi connectivity index (χ2v) is 10.9. The molecule has 6 nitrogen and oxygen atoms in total. The molecule has 1 unspecified atom stereocenters. The van der Waals surface area contributed by atoms with Gasteiger partial charge in [0.2, 0.25) is 15.9 Å². The number of sulfonamides is 1. The van der Waals surface area contributed by atoms with Crippen LogP contribution in [0.2, 0.25) is 0 Å². The van der Waals surface area contributed by atoms with Crippen LogP contribution in [0.5, 0.6) is 0 Å². The Morgan fingerprint density at radius 1 is 0.970 bits per heavy atom. The highest BCUT2D eigenvalue weighted by atomic mass is 32.2. The fraction of sp³-hybridized carbons (Fsp3) is 0.480. The molecule has 2 aromatic carbocycles. The number of carbonyl (C=O) groups is 1. The van der Waals surface area contributed by atoms with Crippen LogP contribution in [-0.4, -0.2) is 51.4 Å². The maximum atomic E-state index is 13.1. The molecule has 178 valence electrons. The van der Waals surface area contributed by atoms with Gasteiger partial charge in [-0.1, -0.05) is 18.6 Å². The Morgan fingerprint density at radius 2 is 1.67 bits per heavy atom. The summed E-state index contributed by atoms with van der Waals surface area (Å²) < 4.78 is 40.2. The molecule has 1 N–H and O–H groups in total. The van der Waals surface area contributed by atoms with Crippen molar-refractivity contribution in [3.05, 3.63) is 59.9 Å². The largest absolute Gasteiger partial charge is 0.371 e. The first kappa shape index (κ1) is 23.7. The van der Waals surface area contributed by atoms with E-state index in [1.54, 1.807) is 28.6 Å². The monoisotopic (exact) mass is 473 g/mol. The highest BCUT2D eigenvalue weighted by molar-refractivity contribution is 7.89. The van der Waals surface area contributed by atoms with Crippen molar-refractivity contribution >= 4 is 21.6 Å². The van der Waals surface area contributed by atoms with Crippen LogP contribution in [0.4, 0.5) is 10.1 Å². The molecular formula is C25H32FN3O3S. The summed E-state index contributed by atoms with van der Waals surface area (Å²) in [5.41, 5.74) is 1.96. The Balaban J connectivity index is 1.20. The lowest BCUT2D eigenvalue weighted by molar-refractivity contribution is -0.121. The van der Waals surface area contributed by atoms with Gasteiger partial charge >= 0.3 is 0 Å². The molecule has 33 heavy (non-hydrogen) atoms. The predicted octanol–water partition coefficient (Wildman–Crippen LogP) is 3.58. The zero-order chi connectivity index (χ0) is 23.3. The molecule has 2 heterocycles. The van der Waals surface area contributed by atoms with E-state index >= 15 is 0 Å². The summed E-state index contributed by atoms with van der Waals surface area (Å²) in [4.78, 5) is 14.9. The number of halogens is 1. The van der Waals surface area contributed by atoms with Crippen molar-refractivity contribution in [2.75, 3.05) is 37.6 Å². The Kier molecular flexibility index (Phi) is 7.65. The van der Waals surface area contributed by atoms with Crippen LogP contribution < -0.4 is 10.2 Å². The van der Waals surface area contributed by atoms with Gasteiger partial charge in [-0.25, -0.2) is 12.8 Å². The van der Waals surface area contributed by atoms with Crippen LogP contribution in [0.1, 0.15) is 37.7 Å². The van der Waals surface area contributed by atoms with Gasteiger partial charge in [0, 0.05) is 44.8 Å². The van der Waals surface area contributed by atoms with Gasteiger partial charge in [-0.05, 0) is 73.6 Å². The van der Waals surface area contributed by atoms with Crippen molar-refractivity contribution in [3.63, 3.8) is 0 Å². The molecule has 0 saturated carbocycles. The van der Waals surface area contributed by atoms with Crippen LogP contribution in [0.15, 0.2) is 53.4 Å². The fourth-order valence-corrected chi connectivity index (χ4v) is 6.09. The summed E-state index contributed by atoms with van der Waals surface area (Å²) >= 11 is 0. The quantitative estimate of drug-likeness (QED) is 0.636. The van der Waals surface area contributed by atoms with Crippen LogP contribution >= 0.6 is 0 Å². The minimum atomic E-state index is -3.42. The zero-order valence-electron chi connectivity index (χ0n) is 18.9. The highest BCUT2D eigenvalue weighted by Gasteiger charge is 2.26. The Bertz CT molecular complexity index is 1040. The normalized spacial score (nSPS) is 19.5. The summed E-state index contributed by atoms with van der Waals surface area (Å²) in [6.45, 7) is 3.56. The first-order valence-corrected chi connectivity index (χ1v) is 13.2. The summed E-state index contributed by atoms with van der Waals surface area (Å²) in [5, 5.41) is 3.03. The predicted molar refractivity (Wildman–Crippen MR) is 127 cm³/mol. The van der Waals surface area contributed by atoms with E-state index in [1.807, 2.05) is 12.1 Å². The smallest absolute Gasteiger partial charge is 0.243 e. The van der Waals surface area contributed by atoms with E-state index in [2.05, 4.69) is 10.2 Å². The lowest BCUT2D eigenvalue weighted by Crippen LogP contribution is -2.35. The van der Waals surface area contributed by atoms with Gasteiger partial charge in [0.25, 0.3) is 0 Å². The van der Waals surface area contributed by atoms with Gasteiger partial charge in [0.15, 0.2) is 0 Å². The van der Waals surface area contributed by atoms with E-state index in [0.717, 1.165) is 50.0 Å². The average Bonchev–Trinajstić information content (AvgIpc) is 3.32. The number of carbonyl (C=O) groups excluding carboxylic acids is 1. The SMILES string of the molecule is O=C(CCc1ccc(S(=O)(=O)N2CCCCC2)cc1)NCC1CCN(c2ccc(F)cc2)C1. The van der Waals surface area contributed by atoms with Gasteiger partial charge in [0.05, 0.1) is 4.90 Å². The molecular weight excluding hydrogens is 441 g/mol. The third kappa shape index (κ3) is 6.12. The van der Waals surface area contributed by atoms with Gasteiger partial charge < -0.3 is 10.2 Å². The van der Waals surface area contributed by atoms with Gasteiger partial charge in [-0.2, -0.15) is 4.31 Å². The van der Waals surface area contributed by atoms with E-state index < -0.39 is 10.0 Å². The summed E-state index contributed by atoms with van der Waals surface area (Å²) in [5.74, 6) is 0.138. The fourth-order valence-electron chi connectivity index (χ4n) is 4.57. The number of hydrogen-bond donors (Lipinski definition) is 1. The number of piperidine rings is 1. The summed E-state index contributed by atoms with van der Waals surface area (Å²) in [6, 6.07) is 13.4. The van der Waals surface area contributed by atoms with Crippen LogP contribution in [0.3, 0.4) is 0 Å². The van der Waals surface area contributed by atoms with E-state index in [0.29, 0.717) is 43.3 Å². The number of nitrogens with zero attached hydrogens (tertiary/aromatic N) is 2. The molecule has 0 spiro atoms. The molecule has 0 bridgehead atoms. The number of rotatable bonds is 8. The first-order chi connectivity index (χ1) is 15.9. The minimum absolute atomic E-state index is 0.000229. The third-order valence-electron chi connectivity index (χ3n) is 6.58. The molecule has 1 amide bonds. The van der Waals surface area contributed by atoms with E-state index in [1.165, 1.54) is 12.1 Å². The number of aryl methyl sites for hydroxylation is 1. The molecule has 1 atom stereocenters. The van der Waals surface area contributed by atoms with Crippen molar-refractivity contribution in [2.45, 2.75) is 43.4 Å². The Morgan fingerprint density at radius 3 is 2.36 bits per heavy atom. The second kappa shape index (κ2) is 10.7. The molecule has 2 saturated heterocycles. The molecule has 2 fully saturated rings. The molecule has 0 aromatic heterocycles. The summed E-state index contributed by atoms with van der Waals surface area (Å²) in [7, 11) is -3.42. The maximum absolute atomic E-state index is 13.1. The molecule has 0 aliphatic carbocycles. The van der Waals surface area contributed by atoms with Crippen LogP contribution in [-0.2, 0) is 21.2 Å². The van der Waals surface area contributed by atoms with E-state index in [9.17, 15) is 17.6 Å². The number of nitrogens with one attached hydrogen (secondary N) is 1. The lowest BCUT2D eigenvalue weighted by Gasteiger charge is -2.25. The Hall–Kier alpha value is -2.45. The van der Waals surface area contributed by atoms with E-state index in [4.69, 9.17) is 0 Å². The standard InChI is InChI=1S/C25H32FN3O3S/c26-22-7-9-23(10-8-22)28-17-14-21(19-28)18-27-25(30)13-6-20-4-11-24(12-5-20)33(31,32)29-15-2-1-3-16-29/h4-5,7-12,21H,1-3,6,13-19H2,(H,27,30). The average molecular weight is 474 g/mol. The van der Waals surface area contributed by atoms with Crippen molar-refractivity contribution in [2.24, 2.45) is 5.92 Å². The molecule has 0 radical (unpaired) electrons. The zero-order valence-corrected chi connectivity index (χ0v) is 19.7. The lowest BCUT2D eigenvalue weighted by atomic mass is 10.1. The van der Waals surface area contributed by atoms with Crippen molar-refractivity contribution in [1.82, 2.24) is 9.62 Å². The highest BCUT2D eigenvalue weighted by Crippen LogP contribution is 2.24. The van der Waals surface area contributed by atoms with Gasteiger partial charge in [-0.3, -0.25) is 4.79 Å². The van der Waals surface area contributed by atoms with Crippen molar-refractivity contribution in [1.29, 1.82) is 0 Å². The van der Waals surface area contributed by atoms with Crippen LogP contribution in [0.25, 0.3) is 0 Å². The molecule has 4 rings (SSSR count). The molecule has 8 heteroatoms. The summed E-state index contributed by atoms with van der Waals surface area (Å²) in [6.07, 6.45) is 4.84. The van der Waals surface area contributed by atoms with E-state index in [-0.39, 0.29) is 11.7 Å². The first-order valence-electron chi connectivity index (χ1n) is 11.8. The Labute approximate surface area is 195 Å². The topological polar surface area (TPSA) is 69.7 Å². The number of hydrogen-bond acceptors (Lipinski definition) is 4. The van der Waals surface area contributed by atoms with Crippen LogP contribution in [0, 0.1) is 11.7 Å². The minimum Gasteiger partial charge on any atom is -0.371 e. The number of benzene rings is 2. The van der Waals surface area contributed by atoms with Crippen molar-refractivity contribution < 1.29 is 17.6 Å². The molecule has 2 aromatic rings. The number of anilines is 1. The molecule has 2 aliphatic heterocycles.